The van der Waals surface area contributed by atoms with E-state index in [-0.39, 0.29) is 0 Å². The van der Waals surface area contributed by atoms with Gasteiger partial charge in [0.25, 0.3) is 0 Å². The molecule has 3 nitrogen and oxygen atoms in total. The maximum atomic E-state index is 5.85. The van der Waals surface area contributed by atoms with Crippen LogP contribution in [0.5, 0.6) is 0 Å². The Morgan fingerprint density at radius 1 is 1.13 bits per heavy atom. The molecule has 2 fully saturated rings. The number of ether oxygens (including phenoxy) is 1. The zero-order valence-corrected chi connectivity index (χ0v) is 9.66. The fourth-order valence-electron chi connectivity index (χ4n) is 2.66. The summed E-state index contributed by atoms with van der Waals surface area (Å²) in [4.78, 5) is 2.53. The highest BCUT2D eigenvalue weighted by atomic mass is 16.5. The van der Waals surface area contributed by atoms with Gasteiger partial charge in [0.2, 0.25) is 0 Å². The lowest BCUT2D eigenvalue weighted by Gasteiger charge is -2.26. The molecule has 2 unspecified atom stereocenters. The van der Waals surface area contributed by atoms with Crippen LogP contribution in [0.2, 0.25) is 0 Å². The van der Waals surface area contributed by atoms with Gasteiger partial charge in [-0.2, -0.15) is 0 Å². The quantitative estimate of drug-likeness (QED) is 0.765. The van der Waals surface area contributed by atoms with Gasteiger partial charge in [-0.25, -0.2) is 0 Å². The van der Waals surface area contributed by atoms with Crippen molar-refractivity contribution in [3.63, 3.8) is 0 Å². The second kappa shape index (κ2) is 5.83. The van der Waals surface area contributed by atoms with Crippen LogP contribution in [-0.2, 0) is 4.74 Å². The maximum absolute atomic E-state index is 5.85. The molecular formula is C12H24N2O. The third-order valence-electron chi connectivity index (χ3n) is 3.63. The SMILES string of the molecule is NC1CCC(OCCN2CCCCC2)C1. The number of nitrogens with two attached hydrogens (primary N) is 1. The zero-order valence-electron chi connectivity index (χ0n) is 9.66. The van der Waals surface area contributed by atoms with Crippen molar-refractivity contribution in [3.05, 3.63) is 0 Å². The first kappa shape index (κ1) is 11.4. The smallest absolute Gasteiger partial charge is 0.0597 e. The Bertz CT molecular complexity index is 176. The summed E-state index contributed by atoms with van der Waals surface area (Å²) in [6.45, 7) is 4.56. The van der Waals surface area contributed by atoms with Crippen molar-refractivity contribution in [1.82, 2.24) is 4.90 Å². The van der Waals surface area contributed by atoms with E-state index in [4.69, 9.17) is 10.5 Å². The molecule has 1 heterocycles. The number of hydrogen-bond donors (Lipinski definition) is 1. The van der Waals surface area contributed by atoms with E-state index in [0.29, 0.717) is 12.1 Å². The molecular weight excluding hydrogens is 188 g/mol. The van der Waals surface area contributed by atoms with Crippen molar-refractivity contribution in [2.45, 2.75) is 50.7 Å². The molecule has 0 aromatic rings. The van der Waals surface area contributed by atoms with Crippen LogP contribution < -0.4 is 5.73 Å². The largest absolute Gasteiger partial charge is 0.377 e. The van der Waals surface area contributed by atoms with E-state index in [1.54, 1.807) is 0 Å². The summed E-state index contributed by atoms with van der Waals surface area (Å²) in [7, 11) is 0. The molecule has 1 aliphatic carbocycles. The van der Waals surface area contributed by atoms with Crippen LogP contribution in [0.15, 0.2) is 0 Å². The van der Waals surface area contributed by atoms with Gasteiger partial charge >= 0.3 is 0 Å². The molecule has 15 heavy (non-hydrogen) atoms. The molecule has 0 aromatic carbocycles. The van der Waals surface area contributed by atoms with Gasteiger partial charge in [-0.3, -0.25) is 0 Å². The fourth-order valence-corrected chi connectivity index (χ4v) is 2.66. The van der Waals surface area contributed by atoms with Gasteiger partial charge in [0.05, 0.1) is 12.7 Å². The predicted molar refractivity (Wildman–Crippen MR) is 61.9 cm³/mol. The zero-order chi connectivity index (χ0) is 10.5. The van der Waals surface area contributed by atoms with Gasteiger partial charge in [-0.05, 0) is 45.2 Å². The van der Waals surface area contributed by atoms with Gasteiger partial charge in [0, 0.05) is 12.6 Å². The van der Waals surface area contributed by atoms with E-state index >= 15 is 0 Å². The number of nitrogens with zero attached hydrogens (tertiary/aromatic N) is 1. The van der Waals surface area contributed by atoms with E-state index in [1.807, 2.05) is 0 Å². The molecule has 1 saturated carbocycles. The summed E-state index contributed by atoms with van der Waals surface area (Å²) < 4.78 is 5.85. The average molecular weight is 212 g/mol. The average Bonchev–Trinajstić information content (AvgIpc) is 2.66. The Balaban J connectivity index is 1.54. The summed E-state index contributed by atoms with van der Waals surface area (Å²) in [6.07, 6.45) is 7.98. The van der Waals surface area contributed by atoms with Crippen LogP contribution in [0.4, 0.5) is 0 Å². The van der Waals surface area contributed by atoms with Gasteiger partial charge in [0.1, 0.15) is 0 Å². The summed E-state index contributed by atoms with van der Waals surface area (Å²) in [6, 6.07) is 0.394. The van der Waals surface area contributed by atoms with Crippen LogP contribution >= 0.6 is 0 Å². The van der Waals surface area contributed by atoms with Crippen LogP contribution in [0.1, 0.15) is 38.5 Å². The lowest BCUT2D eigenvalue weighted by Crippen LogP contribution is -2.33. The molecule has 2 atom stereocenters. The van der Waals surface area contributed by atoms with Crippen LogP contribution in [0.25, 0.3) is 0 Å². The van der Waals surface area contributed by atoms with Crippen LogP contribution in [-0.4, -0.2) is 43.3 Å². The van der Waals surface area contributed by atoms with E-state index in [2.05, 4.69) is 4.90 Å². The lowest BCUT2D eigenvalue weighted by atomic mass is 10.1. The minimum atomic E-state index is 0.394. The predicted octanol–water partition coefficient (Wildman–Crippen LogP) is 1.37. The molecule has 2 rings (SSSR count). The van der Waals surface area contributed by atoms with Gasteiger partial charge in [0.15, 0.2) is 0 Å². The Hall–Kier alpha value is -0.120. The highest BCUT2D eigenvalue weighted by Gasteiger charge is 2.22. The first-order valence-electron chi connectivity index (χ1n) is 6.44. The van der Waals surface area contributed by atoms with E-state index in [1.165, 1.54) is 38.8 Å². The van der Waals surface area contributed by atoms with Gasteiger partial charge in [-0.1, -0.05) is 6.42 Å². The molecule has 2 N–H and O–H groups in total. The maximum Gasteiger partial charge on any atom is 0.0597 e. The summed E-state index contributed by atoms with van der Waals surface area (Å²) in [5, 5.41) is 0. The number of hydrogen-bond acceptors (Lipinski definition) is 3. The Morgan fingerprint density at radius 2 is 1.93 bits per heavy atom. The second-order valence-electron chi connectivity index (χ2n) is 4.97. The summed E-state index contributed by atoms with van der Waals surface area (Å²) in [5.74, 6) is 0. The van der Waals surface area contributed by atoms with Crippen molar-refractivity contribution >= 4 is 0 Å². The van der Waals surface area contributed by atoms with Crippen LogP contribution in [0, 0.1) is 0 Å². The van der Waals surface area contributed by atoms with E-state index in [9.17, 15) is 0 Å². The molecule has 0 aromatic heterocycles. The minimum Gasteiger partial charge on any atom is -0.377 e. The lowest BCUT2D eigenvalue weighted by molar-refractivity contribution is 0.0380. The molecule has 2 aliphatic rings. The van der Waals surface area contributed by atoms with Crippen molar-refractivity contribution in [2.24, 2.45) is 5.73 Å². The Labute approximate surface area is 93.0 Å². The molecule has 3 heteroatoms. The molecule has 1 aliphatic heterocycles. The normalized spacial score (nSPS) is 33.4. The monoisotopic (exact) mass is 212 g/mol. The van der Waals surface area contributed by atoms with Gasteiger partial charge < -0.3 is 15.4 Å². The van der Waals surface area contributed by atoms with E-state index in [0.717, 1.165) is 26.0 Å². The molecule has 1 saturated heterocycles. The first-order chi connectivity index (χ1) is 7.34. The third-order valence-corrected chi connectivity index (χ3v) is 3.63. The third kappa shape index (κ3) is 3.74. The van der Waals surface area contributed by atoms with Crippen molar-refractivity contribution in [2.75, 3.05) is 26.2 Å². The number of likely N-dealkylation sites (tertiary alicyclic amines) is 1. The topological polar surface area (TPSA) is 38.5 Å². The first-order valence-corrected chi connectivity index (χ1v) is 6.44. The Morgan fingerprint density at radius 3 is 2.60 bits per heavy atom. The second-order valence-corrected chi connectivity index (χ2v) is 4.97. The fraction of sp³-hybridized carbons (Fsp3) is 1.00. The van der Waals surface area contributed by atoms with Crippen molar-refractivity contribution in [3.8, 4) is 0 Å². The summed E-state index contributed by atoms with van der Waals surface area (Å²) in [5.41, 5.74) is 5.85. The highest BCUT2D eigenvalue weighted by Crippen LogP contribution is 2.20. The standard InChI is InChI=1S/C12H24N2O/c13-11-4-5-12(10-11)15-9-8-14-6-2-1-3-7-14/h11-12H,1-10,13H2. The number of piperidine rings is 1. The van der Waals surface area contributed by atoms with Crippen molar-refractivity contribution in [1.29, 1.82) is 0 Å². The molecule has 0 amide bonds. The molecule has 0 radical (unpaired) electrons. The molecule has 88 valence electrons. The molecule has 0 spiro atoms. The highest BCUT2D eigenvalue weighted by molar-refractivity contribution is 4.78. The van der Waals surface area contributed by atoms with Crippen molar-refractivity contribution < 1.29 is 4.74 Å². The van der Waals surface area contributed by atoms with E-state index < -0.39 is 0 Å². The minimum absolute atomic E-state index is 0.394. The summed E-state index contributed by atoms with van der Waals surface area (Å²) >= 11 is 0. The number of rotatable bonds is 4. The Kier molecular flexibility index (Phi) is 4.42. The van der Waals surface area contributed by atoms with Gasteiger partial charge in [-0.15, -0.1) is 0 Å². The van der Waals surface area contributed by atoms with Crippen LogP contribution in [0.3, 0.4) is 0 Å². The molecule has 0 bridgehead atoms.